The highest BCUT2D eigenvalue weighted by atomic mass is 35.5. The lowest BCUT2D eigenvalue weighted by Crippen LogP contribution is -2.40. The largest absolute Gasteiger partial charge is 0.521 e. The van der Waals surface area contributed by atoms with Crippen LogP contribution in [0, 0.1) is 0 Å². The average Bonchev–Trinajstić information content (AvgIpc) is 2.90. The van der Waals surface area contributed by atoms with Crippen molar-refractivity contribution in [2.45, 2.75) is 64.3 Å². The predicted molar refractivity (Wildman–Crippen MR) is 160 cm³/mol. The summed E-state index contributed by atoms with van der Waals surface area (Å²) in [6.45, 7) is 8.79. The van der Waals surface area contributed by atoms with Crippen LogP contribution in [0.2, 0.25) is 5.02 Å². The summed E-state index contributed by atoms with van der Waals surface area (Å²) >= 11 is 6.15. The minimum absolute atomic E-state index is 0.00473. The van der Waals surface area contributed by atoms with Gasteiger partial charge in [0.15, 0.2) is 0 Å². The average molecular weight is 634 g/mol. The number of carbonyl (C=O) groups is 2. The number of anilines is 1. The molecule has 1 aromatic carbocycles. The second-order valence-electron chi connectivity index (χ2n) is 9.61. The number of rotatable bonds is 17. The van der Waals surface area contributed by atoms with Gasteiger partial charge in [-0.15, -0.1) is 0 Å². The van der Waals surface area contributed by atoms with Crippen molar-refractivity contribution in [1.29, 1.82) is 0 Å². The maximum Gasteiger partial charge on any atom is 0.521 e. The van der Waals surface area contributed by atoms with Crippen molar-refractivity contribution < 1.29 is 38.1 Å². The minimum Gasteiger partial charge on any atom is -0.449 e. The van der Waals surface area contributed by atoms with Gasteiger partial charge in [0.2, 0.25) is 5.91 Å². The molecule has 2 rings (SSSR count). The number of hydrogen-bond acceptors (Lipinski definition) is 7. The molecule has 0 spiro atoms. The van der Waals surface area contributed by atoms with Crippen LogP contribution in [0.15, 0.2) is 30.5 Å². The van der Waals surface area contributed by atoms with E-state index in [1.165, 1.54) is 0 Å². The fourth-order valence-corrected chi connectivity index (χ4v) is 6.42. The Morgan fingerprint density at radius 3 is 2.51 bits per heavy atom. The van der Waals surface area contributed by atoms with Crippen molar-refractivity contribution in [3.05, 3.63) is 35.5 Å². The Labute approximate surface area is 246 Å². The van der Waals surface area contributed by atoms with E-state index in [-0.39, 0.29) is 38.5 Å². The second kappa shape index (κ2) is 17.1. The van der Waals surface area contributed by atoms with E-state index in [1.54, 1.807) is 29.3 Å². The molecule has 0 saturated heterocycles. The lowest BCUT2D eigenvalue weighted by molar-refractivity contribution is -0.121. The topological polar surface area (TPSA) is 170 Å². The van der Waals surface area contributed by atoms with Crippen molar-refractivity contribution in [3.63, 3.8) is 0 Å². The fourth-order valence-electron chi connectivity index (χ4n) is 4.41. The summed E-state index contributed by atoms with van der Waals surface area (Å²) in [6.07, 6.45) is 2.54. The Morgan fingerprint density at radius 1 is 1.17 bits per heavy atom. The number of nitrogens with zero attached hydrogens (tertiary/aromatic N) is 3. The van der Waals surface area contributed by atoms with Crippen LogP contribution in [-0.2, 0) is 18.7 Å². The van der Waals surface area contributed by atoms with E-state index < -0.39 is 33.0 Å². The SMILES string of the molecule is CCN(CC)CCCC(C)N(C(=O)OCCCC(=O)NCCC([P+](=O)O)P(=O)(O)O)c1ccnc2cc(Cl)ccc12. The summed E-state index contributed by atoms with van der Waals surface area (Å²) in [6, 6.07) is 6.86. The number of amides is 2. The highest BCUT2D eigenvalue weighted by molar-refractivity contribution is 7.65. The monoisotopic (exact) mass is 633 g/mol. The van der Waals surface area contributed by atoms with Gasteiger partial charge in [0.25, 0.3) is 5.40 Å². The predicted octanol–water partition coefficient (Wildman–Crippen LogP) is 4.87. The van der Waals surface area contributed by atoms with Gasteiger partial charge in [-0.3, -0.25) is 19.2 Å². The van der Waals surface area contributed by atoms with Gasteiger partial charge in [-0.1, -0.05) is 25.4 Å². The zero-order chi connectivity index (χ0) is 30.6. The number of nitrogens with one attached hydrogen (secondary N) is 1. The summed E-state index contributed by atoms with van der Waals surface area (Å²) in [5, 5.41) is 2.01. The third kappa shape index (κ3) is 11.2. The summed E-state index contributed by atoms with van der Waals surface area (Å²) < 4.78 is 28.1. The first-order valence-electron chi connectivity index (χ1n) is 13.6. The smallest absolute Gasteiger partial charge is 0.449 e. The molecule has 0 aliphatic heterocycles. The molecule has 4 N–H and O–H groups in total. The first kappa shape index (κ1) is 35.0. The third-order valence-corrected chi connectivity index (χ3v) is 10.2. The third-order valence-electron chi connectivity index (χ3n) is 6.71. The Morgan fingerprint density at radius 2 is 1.88 bits per heavy atom. The quantitative estimate of drug-likeness (QED) is 0.139. The molecule has 12 nitrogen and oxygen atoms in total. The molecule has 2 aromatic rings. The van der Waals surface area contributed by atoms with Gasteiger partial charge in [-0.2, -0.15) is 4.89 Å². The van der Waals surface area contributed by atoms with Crippen molar-refractivity contribution in [1.82, 2.24) is 15.2 Å². The van der Waals surface area contributed by atoms with Gasteiger partial charge in [-0.05, 0) is 74.7 Å². The van der Waals surface area contributed by atoms with Crippen molar-refractivity contribution in [2.24, 2.45) is 0 Å². The molecule has 3 unspecified atom stereocenters. The number of fused-ring (bicyclic) bond motifs is 1. The molecular formula is C26H40ClN4O8P2+. The van der Waals surface area contributed by atoms with E-state index in [4.69, 9.17) is 31.0 Å². The molecule has 0 saturated carbocycles. The summed E-state index contributed by atoms with van der Waals surface area (Å²) in [7, 11) is -7.86. The van der Waals surface area contributed by atoms with Crippen molar-refractivity contribution in [2.75, 3.05) is 37.7 Å². The minimum atomic E-state index is -4.77. The Kier molecular flexibility index (Phi) is 14.6. The molecule has 1 aromatic heterocycles. The first-order chi connectivity index (χ1) is 19.4. The van der Waals surface area contributed by atoms with Crippen LogP contribution in [0.4, 0.5) is 10.5 Å². The molecule has 41 heavy (non-hydrogen) atoms. The molecule has 228 valence electrons. The summed E-state index contributed by atoms with van der Waals surface area (Å²) in [5.74, 6) is -0.433. The Bertz CT molecular complexity index is 1230. The van der Waals surface area contributed by atoms with E-state index in [1.807, 2.05) is 13.0 Å². The summed E-state index contributed by atoms with van der Waals surface area (Å²) in [5.41, 5.74) is 1.29. The van der Waals surface area contributed by atoms with Crippen LogP contribution >= 0.6 is 27.2 Å². The van der Waals surface area contributed by atoms with Gasteiger partial charge < -0.3 is 24.7 Å². The van der Waals surface area contributed by atoms with Gasteiger partial charge >= 0.3 is 21.7 Å². The molecule has 15 heteroatoms. The van der Waals surface area contributed by atoms with Crippen LogP contribution in [0.5, 0.6) is 0 Å². The number of ether oxygens (including phenoxy) is 1. The zero-order valence-electron chi connectivity index (χ0n) is 23.6. The Balaban J connectivity index is 2.01. The maximum atomic E-state index is 13.4. The van der Waals surface area contributed by atoms with Crippen LogP contribution in [0.1, 0.15) is 52.9 Å². The molecule has 0 radical (unpaired) electrons. The fraction of sp³-hybridized carbons (Fsp3) is 0.577. The molecule has 0 fully saturated rings. The number of halogens is 1. The first-order valence-corrected chi connectivity index (χ1v) is 16.9. The van der Waals surface area contributed by atoms with E-state index in [2.05, 4.69) is 29.0 Å². The zero-order valence-corrected chi connectivity index (χ0v) is 26.2. The standard InChI is InChI=1S/C26H39ClN4O8P2/c1-4-30(5-2)16-6-8-19(3)31(23-12-14-28-22-18-20(27)10-11-21(22)23)26(33)39-17-7-9-24(32)29-15-13-25(40(34)35)41(36,37)38/h10-12,14,18-19,25H,4-9,13,15-17H2,1-3H3,(H3-,29,32,34,35,36,37,38)/p+1. The highest BCUT2D eigenvalue weighted by Gasteiger charge is 2.44. The van der Waals surface area contributed by atoms with E-state index >= 15 is 0 Å². The molecule has 0 bridgehead atoms. The maximum absolute atomic E-state index is 13.4. The van der Waals surface area contributed by atoms with Crippen LogP contribution < -0.4 is 10.2 Å². The molecule has 0 aliphatic carbocycles. The molecule has 3 atom stereocenters. The lowest BCUT2D eigenvalue weighted by atomic mass is 10.1. The Hall–Kier alpha value is -2.17. The lowest BCUT2D eigenvalue weighted by Gasteiger charge is -2.30. The number of aromatic nitrogens is 1. The van der Waals surface area contributed by atoms with Gasteiger partial charge in [0, 0.05) is 42.0 Å². The van der Waals surface area contributed by atoms with Crippen molar-refractivity contribution in [3.8, 4) is 0 Å². The second-order valence-corrected chi connectivity index (χ2v) is 13.5. The van der Waals surface area contributed by atoms with Gasteiger partial charge in [0.1, 0.15) is 0 Å². The van der Waals surface area contributed by atoms with Crippen LogP contribution in [-0.4, -0.2) is 80.8 Å². The van der Waals surface area contributed by atoms with E-state index in [0.29, 0.717) is 16.2 Å². The number of hydrogen-bond donors (Lipinski definition) is 4. The van der Waals surface area contributed by atoms with Crippen molar-refractivity contribution >= 4 is 55.8 Å². The molecule has 1 heterocycles. The molecule has 2 amide bonds. The van der Waals surface area contributed by atoms with Gasteiger partial charge in [0.05, 0.1) is 17.8 Å². The number of carbonyl (C=O) groups excluding carboxylic acids is 2. The van der Waals surface area contributed by atoms with Gasteiger partial charge in [-0.25, -0.2) is 4.79 Å². The van der Waals surface area contributed by atoms with Crippen LogP contribution in [0.3, 0.4) is 0 Å². The normalized spacial score (nSPS) is 13.6. The van der Waals surface area contributed by atoms with Crippen LogP contribution in [0.25, 0.3) is 10.9 Å². The van der Waals surface area contributed by atoms with E-state index in [0.717, 1.165) is 37.9 Å². The summed E-state index contributed by atoms with van der Waals surface area (Å²) in [4.78, 5) is 61.2. The number of benzene rings is 1. The highest BCUT2D eigenvalue weighted by Crippen LogP contribution is 2.53. The molecule has 0 aliphatic rings. The van der Waals surface area contributed by atoms with E-state index in [9.17, 15) is 18.7 Å². The molecular weight excluding hydrogens is 594 g/mol. The number of pyridine rings is 1.